The Morgan fingerprint density at radius 2 is 1.70 bits per heavy atom. The number of ether oxygens (including phenoxy) is 1. The molecule has 0 radical (unpaired) electrons. The molecule has 1 saturated heterocycles. The van der Waals surface area contributed by atoms with Crippen LogP contribution in [0.1, 0.15) is 17.4 Å². The van der Waals surface area contributed by atoms with E-state index in [1.807, 2.05) is 19.1 Å². The number of rotatable bonds is 6. The van der Waals surface area contributed by atoms with Gasteiger partial charge in [-0.15, -0.1) is 11.3 Å². The molecule has 2 aromatic carbocycles. The molecular weight excluding hydrogens is 452 g/mol. The summed E-state index contributed by atoms with van der Waals surface area (Å²) in [5.41, 5.74) is 3.69. The van der Waals surface area contributed by atoms with E-state index in [2.05, 4.69) is 64.2 Å². The van der Waals surface area contributed by atoms with E-state index in [1.165, 1.54) is 16.0 Å². The van der Waals surface area contributed by atoms with E-state index in [-0.39, 0.29) is 0 Å². The van der Waals surface area contributed by atoms with Gasteiger partial charge in [-0.1, -0.05) is 42.5 Å². The van der Waals surface area contributed by atoms with Crippen LogP contribution in [0.25, 0.3) is 21.3 Å². The number of aryl methyl sites for hydroxylation is 1. The lowest BCUT2D eigenvalue weighted by Gasteiger charge is -2.35. The molecule has 1 aliphatic heterocycles. The number of hydrogen-bond acceptors (Lipinski definition) is 6. The predicted octanol–water partition coefficient (Wildman–Crippen LogP) is 6.04. The van der Waals surface area contributed by atoms with Gasteiger partial charge in [-0.3, -0.25) is 4.90 Å². The Morgan fingerprint density at radius 3 is 2.39 bits per heavy atom. The maximum atomic E-state index is 6.37. The molecule has 3 heterocycles. The van der Waals surface area contributed by atoms with E-state index >= 15 is 0 Å². The highest BCUT2D eigenvalue weighted by molar-refractivity contribution is 7.19. The van der Waals surface area contributed by atoms with Crippen LogP contribution in [0.3, 0.4) is 0 Å². The van der Waals surface area contributed by atoms with Crippen LogP contribution in [-0.2, 0) is 6.54 Å². The van der Waals surface area contributed by atoms with Gasteiger partial charge in [0, 0.05) is 43.2 Å². The number of piperazine rings is 1. The molecular formula is C26H27ClN4OS. The van der Waals surface area contributed by atoms with Crippen molar-refractivity contribution in [2.24, 2.45) is 0 Å². The average molecular weight is 479 g/mol. The van der Waals surface area contributed by atoms with Gasteiger partial charge in [0.1, 0.15) is 16.4 Å². The molecule has 170 valence electrons. The first kappa shape index (κ1) is 22.1. The average Bonchev–Trinajstić information content (AvgIpc) is 3.16. The van der Waals surface area contributed by atoms with E-state index in [1.54, 1.807) is 11.3 Å². The van der Waals surface area contributed by atoms with Crippen molar-refractivity contribution in [3.05, 3.63) is 70.3 Å². The van der Waals surface area contributed by atoms with Gasteiger partial charge in [-0.25, -0.2) is 4.98 Å². The molecule has 1 aliphatic rings. The number of nitrogens with zero attached hydrogens (tertiary/aromatic N) is 4. The van der Waals surface area contributed by atoms with Gasteiger partial charge in [0.2, 0.25) is 5.28 Å². The Morgan fingerprint density at radius 1 is 0.970 bits per heavy atom. The normalized spacial score (nSPS) is 14.7. The molecule has 0 amide bonds. The monoisotopic (exact) mass is 478 g/mol. The van der Waals surface area contributed by atoms with Crippen LogP contribution in [0.2, 0.25) is 5.28 Å². The van der Waals surface area contributed by atoms with Crippen molar-refractivity contribution in [2.75, 3.05) is 37.7 Å². The molecule has 4 aromatic rings. The Balaban J connectivity index is 1.45. The zero-order chi connectivity index (χ0) is 22.8. The van der Waals surface area contributed by atoms with Crippen molar-refractivity contribution in [3.63, 3.8) is 0 Å². The summed E-state index contributed by atoms with van der Waals surface area (Å²) in [4.78, 5) is 16.3. The van der Waals surface area contributed by atoms with Crippen molar-refractivity contribution in [1.29, 1.82) is 0 Å². The number of hydrogen-bond donors (Lipinski definition) is 0. The smallest absolute Gasteiger partial charge is 0.225 e. The predicted molar refractivity (Wildman–Crippen MR) is 138 cm³/mol. The van der Waals surface area contributed by atoms with Gasteiger partial charge < -0.3 is 9.64 Å². The third kappa shape index (κ3) is 4.69. The van der Waals surface area contributed by atoms with Crippen LogP contribution in [-0.4, -0.2) is 47.7 Å². The van der Waals surface area contributed by atoms with E-state index in [9.17, 15) is 0 Å². The van der Waals surface area contributed by atoms with Crippen LogP contribution in [0.5, 0.6) is 5.75 Å². The zero-order valence-corrected chi connectivity index (χ0v) is 20.5. The molecule has 2 aromatic heterocycles. The van der Waals surface area contributed by atoms with Crippen LogP contribution < -0.4 is 9.64 Å². The number of fused-ring (bicyclic) bond motifs is 1. The lowest BCUT2D eigenvalue weighted by molar-refractivity contribution is 0.249. The number of halogens is 1. The van der Waals surface area contributed by atoms with E-state index in [4.69, 9.17) is 21.3 Å². The summed E-state index contributed by atoms with van der Waals surface area (Å²) in [6, 6.07) is 19.0. The third-order valence-corrected chi connectivity index (χ3v) is 7.22. The number of benzene rings is 2. The molecule has 0 unspecified atom stereocenters. The summed E-state index contributed by atoms with van der Waals surface area (Å²) < 4.78 is 5.63. The second kappa shape index (κ2) is 9.67. The number of thiophene rings is 1. The fraction of sp³-hybridized carbons (Fsp3) is 0.308. The second-order valence-corrected chi connectivity index (χ2v) is 9.78. The van der Waals surface area contributed by atoms with Gasteiger partial charge in [-0.05, 0) is 48.7 Å². The highest BCUT2D eigenvalue weighted by atomic mass is 35.5. The quantitative estimate of drug-likeness (QED) is 0.316. The first-order chi connectivity index (χ1) is 16.1. The minimum absolute atomic E-state index is 0.309. The minimum atomic E-state index is 0.309. The zero-order valence-electron chi connectivity index (χ0n) is 18.9. The van der Waals surface area contributed by atoms with Crippen LogP contribution in [0.15, 0.2) is 54.6 Å². The molecule has 1 fully saturated rings. The highest BCUT2D eigenvalue weighted by Gasteiger charge is 2.25. The maximum Gasteiger partial charge on any atom is 0.225 e. The van der Waals surface area contributed by atoms with Crippen molar-refractivity contribution in [1.82, 2.24) is 14.9 Å². The number of aromatic nitrogens is 2. The Labute approximate surface area is 203 Å². The van der Waals surface area contributed by atoms with Crippen molar-refractivity contribution in [3.8, 4) is 16.9 Å². The Kier molecular flexibility index (Phi) is 6.49. The summed E-state index contributed by atoms with van der Waals surface area (Å²) in [6.07, 6.45) is 0. The standard InChI is InChI=1S/C26H27ClN4OS/c1-3-32-21-11-9-20(10-12-21)22-18(2)33-25-23(22)24(28-26(27)29-25)31-15-13-30(14-16-31)17-19-7-5-4-6-8-19/h4-12H,3,13-17H2,1-2H3. The summed E-state index contributed by atoms with van der Waals surface area (Å²) in [5, 5.41) is 1.41. The summed E-state index contributed by atoms with van der Waals surface area (Å²) >= 11 is 8.05. The number of anilines is 1. The van der Waals surface area contributed by atoms with E-state index in [0.29, 0.717) is 11.9 Å². The first-order valence-corrected chi connectivity index (χ1v) is 12.5. The molecule has 0 spiro atoms. The van der Waals surface area contributed by atoms with Crippen molar-refractivity contribution in [2.45, 2.75) is 20.4 Å². The molecule has 33 heavy (non-hydrogen) atoms. The molecule has 0 saturated carbocycles. The molecule has 0 N–H and O–H groups in total. The first-order valence-electron chi connectivity index (χ1n) is 11.3. The fourth-order valence-corrected chi connectivity index (χ4v) is 5.74. The molecule has 0 atom stereocenters. The molecule has 5 rings (SSSR count). The highest BCUT2D eigenvalue weighted by Crippen LogP contribution is 2.42. The summed E-state index contributed by atoms with van der Waals surface area (Å²) in [7, 11) is 0. The lowest BCUT2D eigenvalue weighted by atomic mass is 10.0. The molecule has 0 bridgehead atoms. The van der Waals surface area contributed by atoms with Gasteiger partial charge >= 0.3 is 0 Å². The topological polar surface area (TPSA) is 41.5 Å². The Hall–Kier alpha value is -2.67. The van der Waals surface area contributed by atoms with Gasteiger partial charge in [0.25, 0.3) is 0 Å². The van der Waals surface area contributed by atoms with Crippen LogP contribution in [0, 0.1) is 6.92 Å². The Bertz CT molecular complexity index is 1230. The summed E-state index contributed by atoms with van der Waals surface area (Å²) in [5.74, 6) is 1.82. The molecule has 5 nitrogen and oxygen atoms in total. The van der Waals surface area contributed by atoms with Crippen molar-refractivity contribution >= 4 is 39.0 Å². The van der Waals surface area contributed by atoms with Gasteiger partial charge in [0.15, 0.2) is 0 Å². The third-order valence-electron chi connectivity index (χ3n) is 6.06. The fourth-order valence-electron chi connectivity index (χ4n) is 4.49. The summed E-state index contributed by atoms with van der Waals surface area (Å²) in [6.45, 7) is 9.57. The van der Waals surface area contributed by atoms with E-state index in [0.717, 1.165) is 60.1 Å². The minimum Gasteiger partial charge on any atom is -0.494 e. The lowest BCUT2D eigenvalue weighted by Crippen LogP contribution is -2.46. The second-order valence-electron chi connectivity index (χ2n) is 8.24. The van der Waals surface area contributed by atoms with Gasteiger partial charge in [-0.2, -0.15) is 4.98 Å². The molecule has 0 aliphatic carbocycles. The molecule has 7 heteroatoms. The largest absolute Gasteiger partial charge is 0.494 e. The maximum absolute atomic E-state index is 6.37. The van der Waals surface area contributed by atoms with Crippen LogP contribution in [0.4, 0.5) is 5.82 Å². The van der Waals surface area contributed by atoms with Gasteiger partial charge in [0.05, 0.1) is 12.0 Å². The van der Waals surface area contributed by atoms with E-state index < -0.39 is 0 Å². The SMILES string of the molecule is CCOc1ccc(-c2c(C)sc3nc(Cl)nc(N4CCN(Cc5ccccc5)CC4)c23)cc1. The van der Waals surface area contributed by atoms with Crippen molar-refractivity contribution < 1.29 is 4.74 Å². The van der Waals surface area contributed by atoms with Crippen LogP contribution >= 0.6 is 22.9 Å².